The van der Waals surface area contributed by atoms with E-state index in [1.54, 1.807) is 0 Å². The maximum Gasteiger partial charge on any atom is 0.0554 e. The highest BCUT2D eigenvalue weighted by molar-refractivity contribution is 5.96. The number of nitrogens with one attached hydrogen (secondary N) is 1. The normalized spacial score (nSPS) is 25.0. The largest absolute Gasteiger partial charge is 0.377 e. The third-order valence-corrected chi connectivity index (χ3v) is 5.42. The summed E-state index contributed by atoms with van der Waals surface area (Å²) in [6, 6.07) is 24.6. The minimum atomic E-state index is 0.384. The second kappa shape index (κ2) is 4.99. The molecular formula is C22H19N. The van der Waals surface area contributed by atoms with E-state index in [1.807, 2.05) is 0 Å². The number of fused-ring (bicyclic) bond motifs is 5. The predicted molar refractivity (Wildman–Crippen MR) is 96.7 cm³/mol. The van der Waals surface area contributed by atoms with E-state index in [-0.39, 0.29) is 0 Å². The molecule has 1 N–H and O–H groups in total. The Kier molecular flexibility index (Phi) is 2.81. The van der Waals surface area contributed by atoms with Crippen molar-refractivity contribution in [2.24, 2.45) is 5.92 Å². The number of allylic oxidation sites excluding steroid dienone is 2. The van der Waals surface area contributed by atoms with Crippen molar-refractivity contribution in [1.29, 1.82) is 0 Å². The van der Waals surface area contributed by atoms with Crippen LogP contribution in [0.25, 0.3) is 10.8 Å². The zero-order valence-corrected chi connectivity index (χ0v) is 12.9. The van der Waals surface area contributed by atoms with Crippen LogP contribution in [0.1, 0.15) is 29.5 Å². The molecule has 0 unspecified atom stereocenters. The number of rotatable bonds is 1. The lowest BCUT2D eigenvalue weighted by molar-refractivity contribution is 0.426. The Morgan fingerprint density at radius 2 is 1.65 bits per heavy atom. The summed E-state index contributed by atoms with van der Waals surface area (Å²) in [5.74, 6) is 1.15. The van der Waals surface area contributed by atoms with Crippen LogP contribution in [0.4, 0.5) is 5.69 Å². The standard InChI is InChI=1S/C22H19N/c1-2-8-16(9-3-1)21-19-12-6-11-18(19)20-14-13-15-7-4-5-10-17(15)22(20)23-21/h1-11,13-14,18-19,21,23H,12H2/t18-,19+,21+/m1/s1. The fourth-order valence-electron chi connectivity index (χ4n) is 4.33. The van der Waals surface area contributed by atoms with Gasteiger partial charge in [-0.2, -0.15) is 0 Å². The van der Waals surface area contributed by atoms with Gasteiger partial charge in [0, 0.05) is 17.0 Å². The average Bonchev–Trinajstić information content (AvgIpc) is 3.11. The smallest absolute Gasteiger partial charge is 0.0554 e. The van der Waals surface area contributed by atoms with Crippen molar-refractivity contribution >= 4 is 16.5 Å². The molecule has 5 rings (SSSR count). The maximum absolute atomic E-state index is 3.89. The zero-order valence-electron chi connectivity index (χ0n) is 12.9. The summed E-state index contributed by atoms with van der Waals surface area (Å²) < 4.78 is 0. The van der Waals surface area contributed by atoms with Crippen molar-refractivity contribution in [2.75, 3.05) is 5.32 Å². The first-order valence-electron chi connectivity index (χ1n) is 8.41. The first-order valence-corrected chi connectivity index (χ1v) is 8.41. The fraction of sp³-hybridized carbons (Fsp3) is 0.182. The molecule has 0 bridgehead atoms. The molecule has 0 saturated carbocycles. The van der Waals surface area contributed by atoms with Crippen molar-refractivity contribution in [3.8, 4) is 0 Å². The summed E-state index contributed by atoms with van der Waals surface area (Å²) in [6.45, 7) is 0. The lowest BCUT2D eigenvalue weighted by Gasteiger charge is -2.38. The van der Waals surface area contributed by atoms with Crippen molar-refractivity contribution in [3.63, 3.8) is 0 Å². The highest BCUT2D eigenvalue weighted by Gasteiger charge is 2.38. The second-order valence-electron chi connectivity index (χ2n) is 6.64. The van der Waals surface area contributed by atoms with Crippen molar-refractivity contribution in [2.45, 2.75) is 18.4 Å². The van der Waals surface area contributed by atoms with Crippen LogP contribution >= 0.6 is 0 Å². The third-order valence-electron chi connectivity index (χ3n) is 5.42. The van der Waals surface area contributed by atoms with Gasteiger partial charge >= 0.3 is 0 Å². The van der Waals surface area contributed by atoms with E-state index in [0.717, 1.165) is 6.42 Å². The maximum atomic E-state index is 3.89. The van der Waals surface area contributed by atoms with Gasteiger partial charge in [0.2, 0.25) is 0 Å². The summed E-state index contributed by atoms with van der Waals surface area (Å²) >= 11 is 0. The van der Waals surface area contributed by atoms with E-state index in [2.05, 4.69) is 84.2 Å². The molecule has 0 spiro atoms. The van der Waals surface area contributed by atoms with E-state index in [4.69, 9.17) is 0 Å². The van der Waals surface area contributed by atoms with Gasteiger partial charge in [-0.05, 0) is 28.9 Å². The number of anilines is 1. The van der Waals surface area contributed by atoms with Crippen molar-refractivity contribution in [1.82, 2.24) is 0 Å². The first-order chi connectivity index (χ1) is 11.4. The van der Waals surface area contributed by atoms with Crippen LogP contribution in [0.2, 0.25) is 0 Å². The van der Waals surface area contributed by atoms with Gasteiger partial charge in [-0.15, -0.1) is 0 Å². The van der Waals surface area contributed by atoms with Crippen molar-refractivity contribution in [3.05, 3.63) is 90.0 Å². The van der Waals surface area contributed by atoms with E-state index >= 15 is 0 Å². The molecule has 112 valence electrons. The lowest BCUT2D eigenvalue weighted by atomic mass is 9.76. The van der Waals surface area contributed by atoms with Gasteiger partial charge in [0.25, 0.3) is 0 Å². The Labute approximate surface area is 136 Å². The SMILES string of the molecule is C1=C[C@H]2c3ccc4ccccc4c3N[C@@H](c3ccccc3)[C@H]2C1. The summed E-state index contributed by atoms with van der Waals surface area (Å²) in [7, 11) is 0. The minimum Gasteiger partial charge on any atom is -0.377 e. The number of hydrogen-bond acceptors (Lipinski definition) is 1. The molecule has 0 saturated heterocycles. The first kappa shape index (κ1) is 13.0. The molecule has 0 radical (unpaired) electrons. The minimum absolute atomic E-state index is 0.384. The van der Waals surface area contributed by atoms with Crippen LogP contribution in [0.3, 0.4) is 0 Å². The van der Waals surface area contributed by atoms with Crippen LogP contribution in [-0.4, -0.2) is 0 Å². The van der Waals surface area contributed by atoms with Gasteiger partial charge < -0.3 is 5.32 Å². The van der Waals surface area contributed by atoms with Crippen LogP contribution < -0.4 is 5.32 Å². The molecule has 3 atom stereocenters. The second-order valence-corrected chi connectivity index (χ2v) is 6.64. The Balaban J connectivity index is 1.72. The van der Waals surface area contributed by atoms with Crippen LogP contribution in [0.5, 0.6) is 0 Å². The molecule has 1 aliphatic heterocycles. The fourth-order valence-corrected chi connectivity index (χ4v) is 4.33. The van der Waals surface area contributed by atoms with E-state index in [9.17, 15) is 0 Å². The molecule has 2 aliphatic rings. The van der Waals surface area contributed by atoms with Gasteiger partial charge in [0.1, 0.15) is 0 Å². The summed E-state index contributed by atoms with van der Waals surface area (Å²) in [5.41, 5.74) is 4.17. The molecule has 3 aromatic carbocycles. The molecule has 0 fully saturated rings. The van der Waals surface area contributed by atoms with Gasteiger partial charge in [-0.25, -0.2) is 0 Å². The molecule has 1 heteroatoms. The molecule has 1 nitrogen and oxygen atoms in total. The van der Waals surface area contributed by atoms with Gasteiger partial charge in [0.15, 0.2) is 0 Å². The van der Waals surface area contributed by atoms with E-state index in [1.165, 1.54) is 27.6 Å². The van der Waals surface area contributed by atoms with E-state index in [0.29, 0.717) is 17.9 Å². The van der Waals surface area contributed by atoms with Gasteiger partial charge in [-0.1, -0.05) is 78.9 Å². The number of benzene rings is 3. The molecule has 0 amide bonds. The van der Waals surface area contributed by atoms with Crippen molar-refractivity contribution < 1.29 is 0 Å². The molecule has 1 aliphatic carbocycles. The lowest BCUT2D eigenvalue weighted by Crippen LogP contribution is -2.29. The summed E-state index contributed by atoms with van der Waals surface area (Å²) in [6.07, 6.45) is 5.93. The van der Waals surface area contributed by atoms with Crippen LogP contribution in [-0.2, 0) is 0 Å². The molecule has 0 aromatic heterocycles. The quantitative estimate of drug-likeness (QED) is 0.571. The molecule has 3 aromatic rings. The average molecular weight is 297 g/mol. The highest BCUT2D eigenvalue weighted by atomic mass is 15.0. The van der Waals surface area contributed by atoms with Gasteiger partial charge in [0.05, 0.1) is 6.04 Å². The van der Waals surface area contributed by atoms with Gasteiger partial charge in [-0.3, -0.25) is 0 Å². The number of hydrogen-bond donors (Lipinski definition) is 1. The van der Waals surface area contributed by atoms with Crippen LogP contribution in [0, 0.1) is 5.92 Å². The molecule has 1 heterocycles. The topological polar surface area (TPSA) is 12.0 Å². The summed E-state index contributed by atoms with van der Waals surface area (Å²) in [5, 5.41) is 6.54. The molecule has 23 heavy (non-hydrogen) atoms. The third kappa shape index (κ3) is 1.93. The van der Waals surface area contributed by atoms with E-state index < -0.39 is 0 Å². The Morgan fingerprint density at radius 3 is 2.57 bits per heavy atom. The monoisotopic (exact) mass is 297 g/mol. The Hall–Kier alpha value is -2.54. The van der Waals surface area contributed by atoms with Crippen LogP contribution in [0.15, 0.2) is 78.9 Å². The Morgan fingerprint density at radius 1 is 0.826 bits per heavy atom. The zero-order chi connectivity index (χ0) is 15.2. The summed E-state index contributed by atoms with van der Waals surface area (Å²) in [4.78, 5) is 0. The molecular weight excluding hydrogens is 278 g/mol. The highest BCUT2D eigenvalue weighted by Crippen LogP contribution is 2.51. The predicted octanol–water partition coefficient (Wildman–Crippen LogP) is 5.67. The Bertz CT molecular complexity index is 894.